The maximum atomic E-state index is 9.68. The Morgan fingerprint density at radius 1 is 0.778 bits per heavy atom. The lowest BCUT2D eigenvalue weighted by Crippen LogP contribution is -1.86. The highest BCUT2D eigenvalue weighted by Gasteiger charge is 2.07. The molecule has 0 aliphatic heterocycles. The largest absolute Gasteiger partial charge is 0.508 e. The zero-order valence-electron chi connectivity index (χ0n) is 11.2. The number of hydrogen-bond acceptors (Lipinski definition) is 2. The van der Waals surface area contributed by atoms with Crippen molar-refractivity contribution in [3.63, 3.8) is 0 Å². The first-order valence-corrected chi connectivity index (χ1v) is 6.84. The van der Waals surface area contributed by atoms with E-state index < -0.39 is 0 Å². The number of phenols is 1. The molecule has 0 saturated carbocycles. The Kier molecular flexibility index (Phi) is 3.67. The second-order valence-electron chi connectivity index (χ2n) is 4.78. The van der Waals surface area contributed by atoms with Crippen LogP contribution in [0, 0.1) is 27.7 Å². The third-order valence-corrected chi connectivity index (χ3v) is 4.38. The summed E-state index contributed by atoms with van der Waals surface area (Å²) in [4.78, 5) is 2.49. The zero-order valence-corrected chi connectivity index (χ0v) is 12.1. The van der Waals surface area contributed by atoms with Crippen molar-refractivity contribution in [2.45, 2.75) is 37.5 Å². The summed E-state index contributed by atoms with van der Waals surface area (Å²) in [6, 6.07) is 10.4. The summed E-state index contributed by atoms with van der Waals surface area (Å²) < 4.78 is 0. The minimum Gasteiger partial charge on any atom is -0.508 e. The van der Waals surface area contributed by atoms with Crippen LogP contribution in [-0.4, -0.2) is 5.11 Å². The van der Waals surface area contributed by atoms with Gasteiger partial charge in [-0.25, -0.2) is 0 Å². The van der Waals surface area contributed by atoms with Crippen LogP contribution in [0.1, 0.15) is 22.3 Å². The third kappa shape index (κ3) is 2.70. The Balaban J connectivity index is 2.40. The molecule has 2 rings (SSSR count). The Bertz CT molecular complexity index is 588. The fraction of sp³-hybridized carbons (Fsp3) is 0.250. The van der Waals surface area contributed by atoms with Crippen LogP contribution < -0.4 is 0 Å². The van der Waals surface area contributed by atoms with Gasteiger partial charge >= 0.3 is 0 Å². The summed E-state index contributed by atoms with van der Waals surface area (Å²) in [5.41, 5.74) is 4.60. The summed E-state index contributed by atoms with van der Waals surface area (Å²) in [6.07, 6.45) is 0. The van der Waals surface area contributed by atoms with Gasteiger partial charge in [-0.3, -0.25) is 0 Å². The molecule has 2 aromatic carbocycles. The van der Waals surface area contributed by atoms with Crippen LogP contribution in [0.25, 0.3) is 0 Å². The summed E-state index contributed by atoms with van der Waals surface area (Å²) in [5.74, 6) is 0.373. The van der Waals surface area contributed by atoms with Crippen LogP contribution in [0.4, 0.5) is 0 Å². The second-order valence-corrected chi connectivity index (χ2v) is 5.86. The van der Waals surface area contributed by atoms with Crippen molar-refractivity contribution in [1.29, 1.82) is 0 Å². The molecule has 1 nitrogen and oxygen atoms in total. The predicted octanol–water partition coefficient (Wildman–Crippen LogP) is 4.78. The minimum absolute atomic E-state index is 0.373. The molecule has 18 heavy (non-hydrogen) atoms. The number of aryl methyl sites for hydroxylation is 4. The van der Waals surface area contributed by atoms with Crippen LogP contribution >= 0.6 is 11.8 Å². The van der Waals surface area contributed by atoms with Gasteiger partial charge < -0.3 is 5.11 Å². The van der Waals surface area contributed by atoms with Crippen molar-refractivity contribution in [2.75, 3.05) is 0 Å². The van der Waals surface area contributed by atoms with E-state index in [2.05, 4.69) is 38.1 Å². The van der Waals surface area contributed by atoms with Gasteiger partial charge in [0.15, 0.2) is 0 Å². The van der Waals surface area contributed by atoms with E-state index in [4.69, 9.17) is 0 Å². The Morgan fingerprint density at radius 3 is 2.17 bits per heavy atom. The molecule has 0 amide bonds. The molecule has 1 N–H and O–H groups in total. The van der Waals surface area contributed by atoms with Crippen LogP contribution in [-0.2, 0) is 0 Å². The van der Waals surface area contributed by atoms with Gasteiger partial charge in [-0.15, -0.1) is 0 Å². The van der Waals surface area contributed by atoms with E-state index in [-0.39, 0.29) is 0 Å². The smallest absolute Gasteiger partial charge is 0.118 e. The molecule has 0 aliphatic rings. The van der Waals surface area contributed by atoms with Crippen LogP contribution in [0.5, 0.6) is 5.75 Å². The molecule has 2 heteroatoms. The van der Waals surface area contributed by atoms with Gasteiger partial charge in [0.05, 0.1) is 0 Å². The normalized spacial score (nSPS) is 10.7. The van der Waals surface area contributed by atoms with E-state index >= 15 is 0 Å². The topological polar surface area (TPSA) is 20.2 Å². The van der Waals surface area contributed by atoms with E-state index in [1.54, 1.807) is 11.8 Å². The van der Waals surface area contributed by atoms with E-state index in [1.807, 2.05) is 19.9 Å². The highest BCUT2D eigenvalue weighted by molar-refractivity contribution is 7.99. The minimum atomic E-state index is 0.373. The van der Waals surface area contributed by atoms with Crippen molar-refractivity contribution in [1.82, 2.24) is 0 Å². The highest BCUT2D eigenvalue weighted by atomic mass is 32.2. The summed E-state index contributed by atoms with van der Waals surface area (Å²) in [7, 11) is 0. The number of aromatic hydroxyl groups is 1. The zero-order chi connectivity index (χ0) is 13.3. The second kappa shape index (κ2) is 5.07. The third-order valence-electron chi connectivity index (χ3n) is 3.06. The number of phenolic OH excluding ortho intramolecular Hbond substituents is 1. The summed E-state index contributed by atoms with van der Waals surface area (Å²) >= 11 is 1.77. The van der Waals surface area contributed by atoms with Gasteiger partial charge in [0.2, 0.25) is 0 Å². The van der Waals surface area contributed by atoms with E-state index in [0.717, 1.165) is 11.1 Å². The maximum absolute atomic E-state index is 9.68. The molecule has 0 unspecified atom stereocenters. The Morgan fingerprint density at radius 2 is 1.44 bits per heavy atom. The fourth-order valence-corrected chi connectivity index (χ4v) is 2.99. The van der Waals surface area contributed by atoms with Crippen molar-refractivity contribution < 1.29 is 5.11 Å². The van der Waals surface area contributed by atoms with Gasteiger partial charge in [0.1, 0.15) is 5.75 Å². The van der Waals surface area contributed by atoms with Gasteiger partial charge in [0.25, 0.3) is 0 Å². The van der Waals surface area contributed by atoms with E-state index in [9.17, 15) is 5.11 Å². The molecule has 94 valence electrons. The summed E-state index contributed by atoms with van der Waals surface area (Å²) in [6.45, 7) is 8.21. The molecule has 0 atom stereocenters. The average Bonchev–Trinajstić information content (AvgIpc) is 2.30. The lowest BCUT2D eigenvalue weighted by molar-refractivity contribution is 0.470. The van der Waals surface area contributed by atoms with Crippen LogP contribution in [0.15, 0.2) is 40.1 Å². The fourth-order valence-electron chi connectivity index (χ4n) is 1.82. The number of hydrogen-bond donors (Lipinski definition) is 1. The lowest BCUT2D eigenvalue weighted by atomic mass is 10.1. The van der Waals surface area contributed by atoms with Crippen molar-refractivity contribution >= 4 is 11.8 Å². The first kappa shape index (κ1) is 13.0. The highest BCUT2D eigenvalue weighted by Crippen LogP contribution is 2.35. The molecule has 0 aliphatic carbocycles. The summed E-state index contributed by atoms with van der Waals surface area (Å²) in [5, 5.41) is 9.68. The van der Waals surface area contributed by atoms with Gasteiger partial charge in [0, 0.05) is 9.79 Å². The average molecular weight is 258 g/mol. The van der Waals surface area contributed by atoms with Crippen molar-refractivity contribution in [2.24, 2.45) is 0 Å². The monoisotopic (exact) mass is 258 g/mol. The van der Waals surface area contributed by atoms with Crippen molar-refractivity contribution in [3.05, 3.63) is 52.6 Å². The van der Waals surface area contributed by atoms with E-state index in [1.165, 1.54) is 20.9 Å². The first-order chi connectivity index (χ1) is 8.47. The van der Waals surface area contributed by atoms with Gasteiger partial charge in [-0.1, -0.05) is 23.9 Å². The van der Waals surface area contributed by atoms with Gasteiger partial charge in [-0.2, -0.15) is 0 Å². The molecule has 0 saturated heterocycles. The molecule has 0 bridgehead atoms. The number of rotatable bonds is 2. The molecule has 0 radical (unpaired) electrons. The quantitative estimate of drug-likeness (QED) is 0.836. The Labute approximate surface area is 113 Å². The molecule has 0 spiro atoms. The SMILES string of the molecule is Cc1ccc(C)c(Sc2cc(C)c(O)cc2C)c1. The molecular weight excluding hydrogens is 240 g/mol. The lowest BCUT2D eigenvalue weighted by Gasteiger charge is -2.11. The molecular formula is C16H18OS. The molecule has 0 heterocycles. The van der Waals surface area contributed by atoms with Gasteiger partial charge in [-0.05, 0) is 68.1 Å². The van der Waals surface area contributed by atoms with Crippen LogP contribution in [0.3, 0.4) is 0 Å². The van der Waals surface area contributed by atoms with Crippen molar-refractivity contribution in [3.8, 4) is 5.75 Å². The number of benzene rings is 2. The molecule has 2 aromatic rings. The maximum Gasteiger partial charge on any atom is 0.118 e. The first-order valence-electron chi connectivity index (χ1n) is 6.02. The standard InChI is InChI=1S/C16H18OS/c1-10-5-6-11(2)15(7-10)18-16-9-12(3)14(17)8-13(16)4/h5-9,17H,1-4H3. The molecule has 0 fully saturated rings. The predicted molar refractivity (Wildman–Crippen MR) is 77.6 cm³/mol. The Hall–Kier alpha value is -1.41. The van der Waals surface area contributed by atoms with E-state index in [0.29, 0.717) is 5.75 Å². The van der Waals surface area contributed by atoms with Crippen LogP contribution in [0.2, 0.25) is 0 Å². The molecule has 0 aromatic heterocycles.